The molecule has 7 nitrogen and oxygen atoms in total. The number of carboxylic acid groups (broad SMARTS) is 1. The molecule has 1 amide bonds. The number of carbonyl (C=O) groups is 1. The molecule has 0 aliphatic heterocycles. The van der Waals surface area contributed by atoms with Gasteiger partial charge in [0.15, 0.2) is 0 Å². The number of aliphatic hydroxyl groups excluding tert-OH is 1. The normalized spacial score (nSPS) is 10.4. The van der Waals surface area contributed by atoms with Gasteiger partial charge in [-0.3, -0.25) is 9.36 Å². The van der Waals surface area contributed by atoms with Gasteiger partial charge in [0.1, 0.15) is 18.2 Å². The number of nitrogens with zero attached hydrogens (tertiary/aromatic N) is 2. The van der Waals surface area contributed by atoms with Crippen LogP contribution in [0.15, 0.2) is 47.3 Å². The average Bonchev–Trinajstić information content (AvgIpc) is 2.68. The minimum absolute atomic E-state index is 0.000234. The van der Waals surface area contributed by atoms with E-state index in [1.165, 1.54) is 10.6 Å². The van der Waals surface area contributed by atoms with Crippen LogP contribution in [0.5, 0.6) is 0 Å². The van der Waals surface area contributed by atoms with Gasteiger partial charge in [0.2, 0.25) is 0 Å². The maximum Gasteiger partial charge on any atom is 0.404 e. The molecule has 142 valence electrons. The Kier molecular flexibility index (Phi) is 5.67. The Morgan fingerprint density at radius 3 is 2.64 bits per heavy atom. The number of hydrogen-bond acceptors (Lipinski definition) is 4. The molecule has 0 radical (unpaired) electrons. The first-order chi connectivity index (χ1) is 13.5. The van der Waals surface area contributed by atoms with Crippen LogP contribution in [0.4, 0.5) is 9.18 Å². The molecule has 28 heavy (non-hydrogen) atoms. The Hall–Kier alpha value is -3.70. The summed E-state index contributed by atoms with van der Waals surface area (Å²) in [7, 11) is 0. The van der Waals surface area contributed by atoms with Crippen LogP contribution in [-0.2, 0) is 6.42 Å². The van der Waals surface area contributed by atoms with Gasteiger partial charge >= 0.3 is 6.09 Å². The fourth-order valence-electron chi connectivity index (χ4n) is 2.84. The van der Waals surface area contributed by atoms with E-state index < -0.39 is 24.1 Å². The van der Waals surface area contributed by atoms with Crippen molar-refractivity contribution in [2.45, 2.75) is 6.42 Å². The average molecular weight is 381 g/mol. The van der Waals surface area contributed by atoms with Gasteiger partial charge in [0, 0.05) is 13.0 Å². The van der Waals surface area contributed by atoms with Gasteiger partial charge in [0.05, 0.1) is 22.2 Å². The molecule has 3 N–H and O–H groups in total. The van der Waals surface area contributed by atoms with E-state index in [-0.39, 0.29) is 29.4 Å². The SMILES string of the molecule is O=C(O)NCCc1nc2ccc(F)c(C#CCO)c2c(=O)n1-c1ccccc1. The minimum atomic E-state index is -1.18. The molecule has 0 aliphatic rings. The van der Waals surface area contributed by atoms with Crippen molar-refractivity contribution in [3.05, 3.63) is 70.0 Å². The molecule has 0 saturated heterocycles. The van der Waals surface area contributed by atoms with Crippen LogP contribution in [0.25, 0.3) is 16.6 Å². The van der Waals surface area contributed by atoms with E-state index in [1.807, 2.05) is 0 Å². The van der Waals surface area contributed by atoms with Crippen molar-refractivity contribution in [1.29, 1.82) is 0 Å². The molecule has 2 aromatic carbocycles. The zero-order chi connectivity index (χ0) is 20.1. The summed E-state index contributed by atoms with van der Waals surface area (Å²) in [5.74, 6) is 4.48. The standard InChI is InChI=1S/C20H16FN3O4/c21-15-8-9-16-18(14(15)7-4-12-25)19(26)24(13-5-2-1-3-6-13)17(23-16)10-11-22-20(27)28/h1-3,5-6,8-9,22,25H,10-12H2,(H,27,28). The van der Waals surface area contributed by atoms with Crippen LogP contribution < -0.4 is 10.9 Å². The number of fused-ring (bicyclic) bond motifs is 1. The van der Waals surface area contributed by atoms with Gasteiger partial charge in [0.25, 0.3) is 5.56 Å². The van der Waals surface area contributed by atoms with Crippen LogP contribution in [0.3, 0.4) is 0 Å². The Labute approximate surface area is 159 Å². The van der Waals surface area contributed by atoms with E-state index in [0.717, 1.165) is 6.07 Å². The number of benzene rings is 2. The molecule has 3 rings (SSSR count). The Morgan fingerprint density at radius 2 is 1.96 bits per heavy atom. The summed E-state index contributed by atoms with van der Waals surface area (Å²) in [4.78, 5) is 28.5. The summed E-state index contributed by atoms with van der Waals surface area (Å²) in [6, 6.07) is 11.2. The van der Waals surface area contributed by atoms with E-state index in [4.69, 9.17) is 10.2 Å². The zero-order valence-electron chi connectivity index (χ0n) is 14.6. The number of aliphatic hydroxyl groups is 1. The molecular weight excluding hydrogens is 365 g/mol. The van der Waals surface area contributed by atoms with Crippen LogP contribution in [0.1, 0.15) is 11.4 Å². The summed E-state index contributed by atoms with van der Waals surface area (Å²) in [5, 5.41) is 19.9. The number of halogens is 1. The van der Waals surface area contributed by atoms with E-state index in [0.29, 0.717) is 11.5 Å². The lowest BCUT2D eigenvalue weighted by atomic mass is 10.1. The maximum atomic E-state index is 14.3. The first kappa shape index (κ1) is 19.1. The quantitative estimate of drug-likeness (QED) is 0.597. The third kappa shape index (κ3) is 3.84. The molecule has 3 aromatic rings. The summed E-state index contributed by atoms with van der Waals surface area (Å²) in [5.41, 5.74) is 0.0934. The second-order valence-electron chi connectivity index (χ2n) is 5.76. The lowest BCUT2D eigenvalue weighted by Gasteiger charge is -2.14. The first-order valence-electron chi connectivity index (χ1n) is 8.39. The van der Waals surface area contributed by atoms with Crippen molar-refractivity contribution in [3.8, 4) is 17.5 Å². The molecule has 0 unspecified atom stereocenters. The minimum Gasteiger partial charge on any atom is -0.465 e. The smallest absolute Gasteiger partial charge is 0.404 e. The molecule has 8 heteroatoms. The number of nitrogens with one attached hydrogen (secondary N) is 1. The molecule has 0 aliphatic carbocycles. The van der Waals surface area contributed by atoms with Crippen molar-refractivity contribution >= 4 is 17.0 Å². The van der Waals surface area contributed by atoms with E-state index in [2.05, 4.69) is 22.1 Å². The highest BCUT2D eigenvalue weighted by atomic mass is 19.1. The van der Waals surface area contributed by atoms with Crippen molar-refractivity contribution in [2.75, 3.05) is 13.2 Å². The van der Waals surface area contributed by atoms with Crippen molar-refractivity contribution in [3.63, 3.8) is 0 Å². The number of amides is 1. The topological polar surface area (TPSA) is 104 Å². The Balaban J connectivity index is 2.29. The second kappa shape index (κ2) is 8.33. The zero-order valence-corrected chi connectivity index (χ0v) is 14.6. The molecule has 0 spiro atoms. The third-order valence-electron chi connectivity index (χ3n) is 3.99. The van der Waals surface area contributed by atoms with Gasteiger partial charge in [-0.2, -0.15) is 0 Å². The predicted octanol–water partition coefficient (Wildman–Crippen LogP) is 1.68. The van der Waals surface area contributed by atoms with Gasteiger partial charge in [-0.05, 0) is 24.3 Å². The monoisotopic (exact) mass is 381 g/mol. The molecular formula is C20H16FN3O4. The molecule has 0 bridgehead atoms. The highest BCUT2D eigenvalue weighted by molar-refractivity contribution is 5.85. The Bertz CT molecular complexity index is 1150. The van der Waals surface area contributed by atoms with Crippen molar-refractivity contribution in [1.82, 2.24) is 14.9 Å². The van der Waals surface area contributed by atoms with E-state index in [9.17, 15) is 14.0 Å². The molecule has 0 atom stereocenters. The molecule has 0 fully saturated rings. The van der Waals surface area contributed by atoms with Crippen LogP contribution >= 0.6 is 0 Å². The van der Waals surface area contributed by atoms with Crippen LogP contribution in [-0.4, -0.2) is 39.0 Å². The van der Waals surface area contributed by atoms with E-state index in [1.54, 1.807) is 30.3 Å². The van der Waals surface area contributed by atoms with Gasteiger partial charge in [-0.1, -0.05) is 30.0 Å². The first-order valence-corrected chi connectivity index (χ1v) is 8.39. The second-order valence-corrected chi connectivity index (χ2v) is 5.76. The number of rotatable bonds is 4. The Morgan fingerprint density at radius 1 is 1.21 bits per heavy atom. The lowest BCUT2D eigenvalue weighted by Crippen LogP contribution is -2.29. The summed E-state index contributed by atoms with van der Waals surface area (Å²) < 4.78 is 15.6. The molecule has 1 heterocycles. The third-order valence-corrected chi connectivity index (χ3v) is 3.99. The van der Waals surface area contributed by atoms with Gasteiger partial charge in [-0.25, -0.2) is 14.2 Å². The number of para-hydroxylation sites is 1. The fraction of sp³-hybridized carbons (Fsp3) is 0.150. The summed E-state index contributed by atoms with van der Waals surface area (Å²) in [6.45, 7) is -0.423. The lowest BCUT2D eigenvalue weighted by molar-refractivity contribution is 0.194. The van der Waals surface area contributed by atoms with Gasteiger partial charge < -0.3 is 15.5 Å². The largest absolute Gasteiger partial charge is 0.465 e. The van der Waals surface area contributed by atoms with Crippen LogP contribution in [0.2, 0.25) is 0 Å². The molecule has 0 saturated carbocycles. The summed E-state index contributed by atoms with van der Waals surface area (Å²) >= 11 is 0. The number of hydrogen-bond donors (Lipinski definition) is 3. The van der Waals surface area contributed by atoms with Gasteiger partial charge in [-0.15, -0.1) is 0 Å². The fourth-order valence-corrected chi connectivity index (χ4v) is 2.84. The van der Waals surface area contributed by atoms with Crippen molar-refractivity contribution < 1.29 is 19.4 Å². The number of aromatic nitrogens is 2. The molecule has 1 aromatic heterocycles. The van der Waals surface area contributed by atoms with Crippen LogP contribution in [0, 0.1) is 17.7 Å². The maximum absolute atomic E-state index is 14.3. The predicted molar refractivity (Wildman–Crippen MR) is 101 cm³/mol. The highest BCUT2D eigenvalue weighted by Crippen LogP contribution is 2.19. The summed E-state index contributed by atoms with van der Waals surface area (Å²) in [6.07, 6.45) is -1.03. The van der Waals surface area contributed by atoms with Crippen molar-refractivity contribution in [2.24, 2.45) is 0 Å². The van der Waals surface area contributed by atoms with E-state index >= 15 is 0 Å². The highest BCUT2D eigenvalue weighted by Gasteiger charge is 2.17.